The summed E-state index contributed by atoms with van der Waals surface area (Å²) >= 11 is 0. The largest absolute Gasteiger partial charge is 0.497 e. The van der Waals surface area contributed by atoms with Crippen LogP contribution in [0.2, 0.25) is 0 Å². The topological polar surface area (TPSA) is 59.6 Å². The fraction of sp³-hybridized carbons (Fsp3) is 0.316. The van der Waals surface area contributed by atoms with Gasteiger partial charge in [0.25, 0.3) is 0 Å². The summed E-state index contributed by atoms with van der Waals surface area (Å²) in [6, 6.07) is 15.3. The summed E-state index contributed by atoms with van der Waals surface area (Å²) < 4.78 is 10.8. The second kappa shape index (κ2) is 9.45. The van der Waals surface area contributed by atoms with E-state index in [-0.39, 0.29) is 6.03 Å². The first-order valence-electron chi connectivity index (χ1n) is 8.02. The predicted octanol–water partition coefficient (Wildman–Crippen LogP) is 3.27. The Morgan fingerprint density at radius 2 is 1.92 bits per heavy atom. The van der Waals surface area contributed by atoms with Crippen molar-refractivity contribution in [1.82, 2.24) is 10.6 Å². The van der Waals surface area contributed by atoms with E-state index >= 15 is 0 Å². The van der Waals surface area contributed by atoms with Gasteiger partial charge in [-0.05, 0) is 42.7 Å². The average Bonchev–Trinajstić information content (AvgIpc) is 2.61. The number of benzene rings is 2. The lowest BCUT2D eigenvalue weighted by atomic mass is 10.2. The van der Waals surface area contributed by atoms with Crippen LogP contribution in [-0.4, -0.2) is 26.3 Å². The van der Waals surface area contributed by atoms with Crippen molar-refractivity contribution in [2.24, 2.45) is 0 Å². The van der Waals surface area contributed by atoms with E-state index in [1.165, 1.54) is 0 Å². The number of carbonyl (C=O) groups is 1. The summed E-state index contributed by atoms with van der Waals surface area (Å²) in [6.45, 7) is 3.61. The Morgan fingerprint density at radius 3 is 2.71 bits per heavy atom. The number of hydrogen-bond donors (Lipinski definition) is 2. The van der Waals surface area contributed by atoms with Gasteiger partial charge in [-0.3, -0.25) is 0 Å². The zero-order valence-corrected chi connectivity index (χ0v) is 14.2. The molecule has 0 radical (unpaired) electrons. The quantitative estimate of drug-likeness (QED) is 0.731. The normalized spacial score (nSPS) is 10.1. The number of aryl methyl sites for hydroxylation is 1. The molecule has 128 valence electrons. The molecule has 0 heterocycles. The molecule has 0 saturated heterocycles. The third-order valence-electron chi connectivity index (χ3n) is 3.55. The van der Waals surface area contributed by atoms with E-state index in [1.807, 2.05) is 55.5 Å². The molecule has 5 nitrogen and oxygen atoms in total. The molecule has 0 aliphatic carbocycles. The van der Waals surface area contributed by atoms with Crippen molar-refractivity contribution in [3.8, 4) is 11.5 Å². The predicted molar refractivity (Wildman–Crippen MR) is 94.5 cm³/mol. The van der Waals surface area contributed by atoms with Gasteiger partial charge >= 0.3 is 6.03 Å². The number of ether oxygens (including phenoxy) is 2. The van der Waals surface area contributed by atoms with Gasteiger partial charge < -0.3 is 20.1 Å². The highest BCUT2D eigenvalue weighted by Gasteiger charge is 2.02. The molecule has 2 aromatic rings. The van der Waals surface area contributed by atoms with Crippen LogP contribution in [0, 0.1) is 6.92 Å². The maximum Gasteiger partial charge on any atom is 0.315 e. The number of hydrogen-bond acceptors (Lipinski definition) is 3. The summed E-state index contributed by atoms with van der Waals surface area (Å²) in [6.07, 6.45) is 0.751. The van der Waals surface area contributed by atoms with Gasteiger partial charge in [0.1, 0.15) is 11.5 Å². The van der Waals surface area contributed by atoms with E-state index in [9.17, 15) is 4.79 Å². The van der Waals surface area contributed by atoms with Crippen molar-refractivity contribution in [3.63, 3.8) is 0 Å². The highest BCUT2D eigenvalue weighted by Crippen LogP contribution is 2.16. The van der Waals surface area contributed by atoms with Crippen molar-refractivity contribution in [3.05, 3.63) is 59.7 Å². The molecular formula is C19H24N2O3. The molecule has 0 spiro atoms. The average molecular weight is 328 g/mol. The minimum Gasteiger partial charge on any atom is -0.497 e. The molecule has 0 aliphatic heterocycles. The molecule has 0 saturated carbocycles. The van der Waals surface area contributed by atoms with E-state index in [0.29, 0.717) is 19.7 Å². The maximum absolute atomic E-state index is 11.8. The second-order valence-corrected chi connectivity index (χ2v) is 5.43. The van der Waals surface area contributed by atoms with Gasteiger partial charge in [-0.1, -0.05) is 30.3 Å². The Morgan fingerprint density at radius 1 is 1.08 bits per heavy atom. The summed E-state index contributed by atoms with van der Waals surface area (Å²) in [5.74, 6) is 1.67. The minimum absolute atomic E-state index is 0.186. The van der Waals surface area contributed by atoms with E-state index in [1.54, 1.807) is 7.11 Å². The Kier molecular flexibility index (Phi) is 6.95. The molecule has 0 bridgehead atoms. The lowest BCUT2D eigenvalue weighted by molar-refractivity contribution is 0.238. The van der Waals surface area contributed by atoms with Crippen LogP contribution in [0.15, 0.2) is 48.5 Å². The van der Waals surface area contributed by atoms with Crippen molar-refractivity contribution in [2.45, 2.75) is 19.9 Å². The monoisotopic (exact) mass is 328 g/mol. The molecular weight excluding hydrogens is 304 g/mol. The van der Waals surface area contributed by atoms with Crippen LogP contribution in [0.1, 0.15) is 17.5 Å². The number of nitrogens with one attached hydrogen (secondary N) is 2. The summed E-state index contributed by atoms with van der Waals surface area (Å²) in [7, 11) is 1.62. The number of para-hydroxylation sites is 1. The van der Waals surface area contributed by atoms with E-state index in [4.69, 9.17) is 9.47 Å². The molecule has 2 N–H and O–H groups in total. The van der Waals surface area contributed by atoms with E-state index in [2.05, 4.69) is 10.6 Å². The number of carbonyl (C=O) groups excluding carboxylic acids is 1. The van der Waals surface area contributed by atoms with Crippen LogP contribution >= 0.6 is 0 Å². The van der Waals surface area contributed by atoms with Crippen molar-refractivity contribution >= 4 is 6.03 Å². The first-order chi connectivity index (χ1) is 11.7. The number of amides is 2. The maximum atomic E-state index is 11.8. The minimum atomic E-state index is -0.186. The lowest BCUT2D eigenvalue weighted by Crippen LogP contribution is -2.36. The van der Waals surface area contributed by atoms with Crippen LogP contribution in [0.4, 0.5) is 4.79 Å². The Hall–Kier alpha value is -2.69. The molecule has 2 aromatic carbocycles. The Labute approximate surface area is 143 Å². The zero-order valence-electron chi connectivity index (χ0n) is 14.2. The number of urea groups is 1. The smallest absolute Gasteiger partial charge is 0.315 e. The molecule has 0 atom stereocenters. The molecule has 5 heteroatoms. The summed E-state index contributed by atoms with van der Waals surface area (Å²) in [5.41, 5.74) is 2.11. The van der Waals surface area contributed by atoms with Gasteiger partial charge in [-0.2, -0.15) is 0 Å². The van der Waals surface area contributed by atoms with Crippen molar-refractivity contribution < 1.29 is 14.3 Å². The molecule has 2 rings (SSSR count). The molecule has 0 aromatic heterocycles. The first kappa shape index (κ1) is 17.7. The third-order valence-corrected chi connectivity index (χ3v) is 3.55. The van der Waals surface area contributed by atoms with Crippen molar-refractivity contribution in [1.29, 1.82) is 0 Å². The van der Waals surface area contributed by atoms with Gasteiger partial charge in [0.05, 0.1) is 13.7 Å². The Balaban J connectivity index is 1.60. The highest BCUT2D eigenvalue weighted by molar-refractivity contribution is 5.73. The third kappa shape index (κ3) is 5.83. The van der Waals surface area contributed by atoms with Gasteiger partial charge in [0.2, 0.25) is 0 Å². The first-order valence-corrected chi connectivity index (χ1v) is 8.02. The molecule has 0 fully saturated rings. The molecule has 0 unspecified atom stereocenters. The number of rotatable bonds is 8. The van der Waals surface area contributed by atoms with Crippen LogP contribution in [0.25, 0.3) is 0 Å². The molecule has 24 heavy (non-hydrogen) atoms. The molecule has 2 amide bonds. The van der Waals surface area contributed by atoms with Gasteiger partial charge in [0.15, 0.2) is 0 Å². The second-order valence-electron chi connectivity index (χ2n) is 5.43. The van der Waals surface area contributed by atoms with Crippen LogP contribution in [-0.2, 0) is 6.54 Å². The zero-order chi connectivity index (χ0) is 17.2. The van der Waals surface area contributed by atoms with E-state index in [0.717, 1.165) is 29.0 Å². The summed E-state index contributed by atoms with van der Waals surface area (Å²) in [4.78, 5) is 11.8. The SMILES string of the molecule is COc1cccc(CNC(=O)NCCCOc2ccccc2C)c1. The highest BCUT2D eigenvalue weighted by atomic mass is 16.5. The molecule has 0 aliphatic rings. The lowest BCUT2D eigenvalue weighted by Gasteiger charge is -2.10. The van der Waals surface area contributed by atoms with Gasteiger partial charge in [0, 0.05) is 13.1 Å². The van der Waals surface area contributed by atoms with Crippen molar-refractivity contribution in [2.75, 3.05) is 20.3 Å². The van der Waals surface area contributed by atoms with Gasteiger partial charge in [-0.15, -0.1) is 0 Å². The Bertz CT molecular complexity index is 659. The number of methoxy groups -OCH3 is 1. The summed E-state index contributed by atoms with van der Waals surface area (Å²) in [5, 5.41) is 5.64. The van der Waals surface area contributed by atoms with Crippen LogP contribution in [0.3, 0.4) is 0 Å². The van der Waals surface area contributed by atoms with E-state index < -0.39 is 0 Å². The van der Waals surface area contributed by atoms with Gasteiger partial charge in [-0.25, -0.2) is 4.79 Å². The van der Waals surface area contributed by atoms with Crippen LogP contribution in [0.5, 0.6) is 11.5 Å². The fourth-order valence-electron chi connectivity index (χ4n) is 2.20. The standard InChI is InChI=1S/C19H24N2O3/c1-15-7-3-4-10-18(15)24-12-6-11-20-19(22)21-14-16-8-5-9-17(13-16)23-2/h3-5,7-10,13H,6,11-12,14H2,1-2H3,(H2,20,21,22). The fourth-order valence-corrected chi connectivity index (χ4v) is 2.20. The van der Waals surface area contributed by atoms with Crippen LogP contribution < -0.4 is 20.1 Å².